The maximum atomic E-state index is 13.1. The Kier molecular flexibility index (Phi) is 6.46. The predicted octanol–water partition coefficient (Wildman–Crippen LogP) is 4.05. The summed E-state index contributed by atoms with van der Waals surface area (Å²) in [5, 5.41) is 9.21. The molecule has 0 aliphatic carbocycles. The van der Waals surface area contributed by atoms with Gasteiger partial charge in [0.15, 0.2) is 5.16 Å². The van der Waals surface area contributed by atoms with E-state index in [1.54, 1.807) is 14.2 Å². The lowest BCUT2D eigenvalue weighted by Gasteiger charge is -2.25. The molecule has 2 heterocycles. The SMILES string of the molecule is COc1ccc(C2CCCN2C(=O)CSc2nnc(C)n2-c2ccc(OC)cc2)cc1. The molecule has 1 aliphatic rings. The Morgan fingerprint density at radius 3 is 2.32 bits per heavy atom. The van der Waals surface area contributed by atoms with Crippen LogP contribution >= 0.6 is 11.8 Å². The molecule has 2 aromatic carbocycles. The molecule has 1 aliphatic heterocycles. The lowest BCUT2D eigenvalue weighted by Crippen LogP contribution is -2.32. The summed E-state index contributed by atoms with van der Waals surface area (Å²) in [7, 11) is 3.30. The van der Waals surface area contributed by atoms with Gasteiger partial charge >= 0.3 is 0 Å². The van der Waals surface area contributed by atoms with E-state index in [1.165, 1.54) is 11.8 Å². The van der Waals surface area contributed by atoms with E-state index in [4.69, 9.17) is 9.47 Å². The number of hydrogen-bond donors (Lipinski definition) is 0. The Morgan fingerprint density at radius 2 is 1.68 bits per heavy atom. The van der Waals surface area contributed by atoms with Gasteiger partial charge in [-0.3, -0.25) is 9.36 Å². The molecule has 1 saturated heterocycles. The summed E-state index contributed by atoms with van der Waals surface area (Å²) in [6, 6.07) is 15.8. The van der Waals surface area contributed by atoms with E-state index in [1.807, 2.05) is 64.9 Å². The van der Waals surface area contributed by atoms with Crippen LogP contribution in [0.2, 0.25) is 0 Å². The third kappa shape index (κ3) is 4.54. The summed E-state index contributed by atoms with van der Waals surface area (Å²) in [5.41, 5.74) is 2.09. The molecule has 7 nitrogen and oxygen atoms in total. The molecule has 31 heavy (non-hydrogen) atoms. The molecule has 8 heteroatoms. The summed E-state index contributed by atoms with van der Waals surface area (Å²) in [6.07, 6.45) is 1.98. The number of hydrogen-bond acceptors (Lipinski definition) is 6. The molecule has 162 valence electrons. The maximum absolute atomic E-state index is 13.1. The molecular formula is C23H26N4O3S. The lowest BCUT2D eigenvalue weighted by atomic mass is 10.0. The number of nitrogens with zero attached hydrogens (tertiary/aromatic N) is 4. The molecular weight excluding hydrogens is 412 g/mol. The van der Waals surface area contributed by atoms with Gasteiger partial charge in [-0.05, 0) is 61.7 Å². The number of ether oxygens (including phenoxy) is 2. The van der Waals surface area contributed by atoms with E-state index < -0.39 is 0 Å². The van der Waals surface area contributed by atoms with Gasteiger partial charge in [0, 0.05) is 12.2 Å². The summed E-state index contributed by atoms with van der Waals surface area (Å²) in [4.78, 5) is 15.1. The number of thioether (sulfide) groups is 1. The lowest BCUT2D eigenvalue weighted by molar-refractivity contribution is -0.129. The zero-order valence-corrected chi connectivity index (χ0v) is 18.8. The Hall–Kier alpha value is -3.00. The van der Waals surface area contributed by atoms with Crippen molar-refractivity contribution in [3.63, 3.8) is 0 Å². The highest BCUT2D eigenvalue weighted by atomic mass is 32.2. The van der Waals surface area contributed by atoms with Gasteiger partial charge in [0.05, 0.1) is 26.0 Å². The molecule has 0 N–H and O–H groups in total. The molecule has 1 unspecified atom stereocenters. The van der Waals surface area contributed by atoms with E-state index in [9.17, 15) is 4.79 Å². The minimum absolute atomic E-state index is 0.111. The Bertz CT molecular complexity index is 1030. The number of carbonyl (C=O) groups is 1. The zero-order valence-electron chi connectivity index (χ0n) is 17.9. The van der Waals surface area contributed by atoms with Gasteiger partial charge in [0.1, 0.15) is 17.3 Å². The average molecular weight is 439 g/mol. The first-order valence-electron chi connectivity index (χ1n) is 10.2. The highest BCUT2D eigenvalue weighted by Crippen LogP contribution is 2.34. The smallest absolute Gasteiger partial charge is 0.233 e. The van der Waals surface area contributed by atoms with Gasteiger partial charge in [-0.2, -0.15) is 0 Å². The van der Waals surface area contributed by atoms with Crippen molar-refractivity contribution in [1.29, 1.82) is 0 Å². The highest BCUT2D eigenvalue weighted by Gasteiger charge is 2.30. The molecule has 1 atom stereocenters. The topological polar surface area (TPSA) is 69.5 Å². The van der Waals surface area contributed by atoms with Crippen LogP contribution in [0.1, 0.15) is 30.3 Å². The number of methoxy groups -OCH3 is 2. The molecule has 4 rings (SSSR count). The van der Waals surface area contributed by atoms with Crippen molar-refractivity contribution in [2.75, 3.05) is 26.5 Å². The summed E-state index contributed by atoms with van der Waals surface area (Å²) in [6.45, 7) is 2.68. The predicted molar refractivity (Wildman–Crippen MR) is 120 cm³/mol. The number of amides is 1. The van der Waals surface area contributed by atoms with Crippen molar-refractivity contribution < 1.29 is 14.3 Å². The van der Waals surface area contributed by atoms with E-state index >= 15 is 0 Å². The van der Waals surface area contributed by atoms with Gasteiger partial charge < -0.3 is 14.4 Å². The Labute approximate surface area is 186 Å². The van der Waals surface area contributed by atoms with Crippen LogP contribution in [0.15, 0.2) is 53.7 Å². The van der Waals surface area contributed by atoms with Crippen LogP contribution in [-0.4, -0.2) is 52.1 Å². The number of rotatable bonds is 7. The number of likely N-dealkylation sites (tertiary alicyclic amines) is 1. The molecule has 0 saturated carbocycles. The first-order chi connectivity index (χ1) is 15.1. The molecule has 0 radical (unpaired) electrons. The monoisotopic (exact) mass is 438 g/mol. The molecule has 1 aromatic heterocycles. The molecule has 0 spiro atoms. The molecule has 1 amide bonds. The average Bonchev–Trinajstić information content (AvgIpc) is 3.44. The minimum atomic E-state index is 0.111. The second-order valence-corrected chi connectivity index (χ2v) is 8.31. The maximum Gasteiger partial charge on any atom is 0.233 e. The molecule has 1 fully saturated rings. The summed E-state index contributed by atoms with van der Waals surface area (Å²) in [5.74, 6) is 2.82. The Balaban J connectivity index is 1.46. The van der Waals surface area contributed by atoms with Gasteiger partial charge in [0.2, 0.25) is 5.91 Å². The fourth-order valence-corrected chi connectivity index (χ4v) is 4.80. The van der Waals surface area contributed by atoms with Crippen molar-refractivity contribution in [3.8, 4) is 17.2 Å². The number of aryl methyl sites for hydroxylation is 1. The van der Waals surface area contributed by atoms with Crippen molar-refractivity contribution in [1.82, 2.24) is 19.7 Å². The molecule has 3 aromatic rings. The van der Waals surface area contributed by atoms with Crippen molar-refractivity contribution in [2.24, 2.45) is 0 Å². The van der Waals surface area contributed by atoms with E-state index in [-0.39, 0.29) is 11.9 Å². The number of benzene rings is 2. The summed E-state index contributed by atoms with van der Waals surface area (Å²) >= 11 is 1.42. The van der Waals surface area contributed by atoms with Gasteiger partial charge in [-0.1, -0.05) is 23.9 Å². The van der Waals surface area contributed by atoms with Crippen molar-refractivity contribution >= 4 is 17.7 Å². The number of aromatic nitrogens is 3. The van der Waals surface area contributed by atoms with Crippen LogP contribution in [0.3, 0.4) is 0 Å². The van der Waals surface area contributed by atoms with Gasteiger partial charge in [-0.25, -0.2) is 0 Å². The van der Waals surface area contributed by atoms with Crippen LogP contribution in [0.25, 0.3) is 5.69 Å². The third-order valence-corrected chi connectivity index (χ3v) is 6.44. The van der Waals surface area contributed by atoms with E-state index in [0.717, 1.165) is 48.0 Å². The molecule has 0 bridgehead atoms. The summed E-state index contributed by atoms with van der Waals surface area (Å²) < 4.78 is 12.5. The standard InChI is InChI=1S/C23H26N4O3S/c1-16-24-25-23(27(16)18-8-12-20(30-3)13-9-18)31-15-22(28)26-14-4-5-21(26)17-6-10-19(29-2)11-7-17/h6-13,21H,4-5,14-15H2,1-3H3. The normalized spacial score (nSPS) is 15.8. The second kappa shape index (κ2) is 9.43. The first-order valence-corrected chi connectivity index (χ1v) is 11.2. The second-order valence-electron chi connectivity index (χ2n) is 7.37. The highest BCUT2D eigenvalue weighted by molar-refractivity contribution is 7.99. The van der Waals surface area contributed by atoms with Gasteiger partial charge in [-0.15, -0.1) is 10.2 Å². The van der Waals surface area contributed by atoms with Crippen molar-refractivity contribution in [2.45, 2.75) is 31.0 Å². The largest absolute Gasteiger partial charge is 0.497 e. The van der Waals surface area contributed by atoms with Crippen LogP contribution in [0.5, 0.6) is 11.5 Å². The van der Waals surface area contributed by atoms with Crippen LogP contribution in [-0.2, 0) is 4.79 Å². The van der Waals surface area contributed by atoms with E-state index in [2.05, 4.69) is 10.2 Å². The van der Waals surface area contributed by atoms with E-state index in [0.29, 0.717) is 10.9 Å². The number of carbonyl (C=O) groups excluding carboxylic acids is 1. The first kappa shape index (κ1) is 21.2. The van der Waals surface area contributed by atoms with Crippen LogP contribution in [0.4, 0.5) is 0 Å². The van der Waals surface area contributed by atoms with Crippen LogP contribution in [0, 0.1) is 6.92 Å². The Morgan fingerprint density at radius 1 is 1.03 bits per heavy atom. The fraction of sp³-hybridized carbons (Fsp3) is 0.348. The third-order valence-electron chi connectivity index (χ3n) is 5.52. The fourth-order valence-electron chi connectivity index (χ4n) is 3.91. The van der Waals surface area contributed by atoms with Crippen LogP contribution < -0.4 is 9.47 Å². The minimum Gasteiger partial charge on any atom is -0.497 e. The van der Waals surface area contributed by atoms with Crippen molar-refractivity contribution in [3.05, 3.63) is 59.9 Å². The zero-order chi connectivity index (χ0) is 21.8. The quantitative estimate of drug-likeness (QED) is 0.519. The van der Waals surface area contributed by atoms with Gasteiger partial charge in [0.25, 0.3) is 0 Å².